The summed E-state index contributed by atoms with van der Waals surface area (Å²) >= 11 is 0. The third kappa shape index (κ3) is 4.99. The van der Waals surface area contributed by atoms with Gasteiger partial charge in [-0.2, -0.15) is 0 Å². The van der Waals surface area contributed by atoms with E-state index in [1.54, 1.807) is 11.0 Å². The number of carbonyl (C=O) groups excluding carboxylic acids is 2. The highest BCUT2D eigenvalue weighted by Gasteiger charge is 2.14. The number of anilines is 1. The molecule has 0 atom stereocenters. The van der Waals surface area contributed by atoms with E-state index in [0.29, 0.717) is 18.8 Å². The summed E-state index contributed by atoms with van der Waals surface area (Å²) < 4.78 is 4.59. The number of ether oxygens (including phenoxy) is 1. The number of nitrogens with one attached hydrogen (secondary N) is 1. The van der Waals surface area contributed by atoms with E-state index >= 15 is 0 Å². The summed E-state index contributed by atoms with van der Waals surface area (Å²) in [6, 6.07) is 7.37. The molecule has 6 nitrogen and oxygen atoms in total. The lowest BCUT2D eigenvalue weighted by molar-refractivity contribution is -0.142. The number of nitrogens with zero attached hydrogens (tertiary/aromatic N) is 1. The van der Waals surface area contributed by atoms with Crippen molar-refractivity contribution in [3.63, 3.8) is 0 Å². The predicted molar refractivity (Wildman–Crippen MR) is 77.1 cm³/mol. The Morgan fingerprint density at radius 3 is 2.60 bits per heavy atom. The number of hydrogen-bond acceptors (Lipinski definition) is 5. The zero-order valence-electron chi connectivity index (χ0n) is 11.9. The fourth-order valence-corrected chi connectivity index (χ4v) is 1.74. The van der Waals surface area contributed by atoms with Gasteiger partial charge in [0.2, 0.25) is 5.91 Å². The number of nitrogens with two attached hydrogens (primary N) is 1. The average molecular weight is 279 g/mol. The largest absolute Gasteiger partial charge is 0.468 e. The van der Waals surface area contributed by atoms with Crippen molar-refractivity contribution in [3.8, 4) is 0 Å². The van der Waals surface area contributed by atoms with E-state index in [0.717, 1.165) is 5.56 Å². The smallest absolute Gasteiger partial charge is 0.319 e. The molecule has 0 saturated heterocycles. The summed E-state index contributed by atoms with van der Waals surface area (Å²) in [5.74, 6) is -0.543. The van der Waals surface area contributed by atoms with Crippen molar-refractivity contribution < 1.29 is 14.3 Å². The molecule has 1 amide bonds. The van der Waals surface area contributed by atoms with Gasteiger partial charge >= 0.3 is 5.97 Å². The molecule has 0 aliphatic heterocycles. The molecule has 110 valence electrons. The Bertz CT molecular complexity index is 463. The van der Waals surface area contributed by atoms with Gasteiger partial charge in [-0.05, 0) is 18.2 Å². The van der Waals surface area contributed by atoms with Crippen LogP contribution in [0, 0.1) is 0 Å². The molecule has 1 rings (SSSR count). The molecular weight excluding hydrogens is 258 g/mol. The van der Waals surface area contributed by atoms with Gasteiger partial charge in [-0.25, -0.2) is 0 Å². The average Bonchev–Trinajstić information content (AvgIpc) is 2.46. The molecule has 6 heteroatoms. The lowest BCUT2D eigenvalue weighted by atomic mass is 10.2. The minimum atomic E-state index is -0.359. The first-order chi connectivity index (χ1) is 9.60. The molecule has 0 saturated carbocycles. The van der Waals surface area contributed by atoms with Crippen LogP contribution in [0.1, 0.15) is 12.5 Å². The molecule has 0 heterocycles. The van der Waals surface area contributed by atoms with Crippen molar-refractivity contribution in [2.45, 2.75) is 13.5 Å². The molecule has 0 unspecified atom stereocenters. The van der Waals surface area contributed by atoms with E-state index in [1.807, 2.05) is 25.1 Å². The fourth-order valence-electron chi connectivity index (χ4n) is 1.74. The van der Waals surface area contributed by atoms with Gasteiger partial charge in [0.25, 0.3) is 0 Å². The molecule has 0 aliphatic rings. The van der Waals surface area contributed by atoms with Gasteiger partial charge in [0.1, 0.15) is 0 Å². The second-order valence-electron chi connectivity index (χ2n) is 4.29. The number of rotatable bonds is 7. The summed E-state index contributed by atoms with van der Waals surface area (Å²) in [7, 11) is 1.33. The van der Waals surface area contributed by atoms with Gasteiger partial charge in [-0.1, -0.05) is 25.1 Å². The lowest BCUT2D eigenvalue weighted by Gasteiger charge is -2.18. The monoisotopic (exact) mass is 279 g/mol. The number of methoxy groups -OCH3 is 1. The Balaban J connectivity index is 2.59. The highest BCUT2D eigenvalue weighted by molar-refractivity contribution is 5.93. The number of amides is 1. The first kappa shape index (κ1) is 16.1. The zero-order valence-corrected chi connectivity index (χ0v) is 11.9. The van der Waals surface area contributed by atoms with Crippen molar-refractivity contribution in [2.75, 3.05) is 32.1 Å². The van der Waals surface area contributed by atoms with E-state index in [9.17, 15) is 9.59 Å². The van der Waals surface area contributed by atoms with Crippen LogP contribution in [0.3, 0.4) is 0 Å². The minimum Gasteiger partial charge on any atom is -0.468 e. The maximum Gasteiger partial charge on any atom is 0.319 e. The van der Waals surface area contributed by atoms with E-state index in [2.05, 4.69) is 10.1 Å². The maximum atomic E-state index is 12.0. The topological polar surface area (TPSA) is 84.7 Å². The van der Waals surface area contributed by atoms with Crippen LogP contribution in [0.15, 0.2) is 24.3 Å². The summed E-state index contributed by atoms with van der Waals surface area (Å²) in [6.45, 7) is 3.05. The first-order valence-electron chi connectivity index (χ1n) is 6.47. The van der Waals surface area contributed by atoms with Crippen LogP contribution < -0.4 is 11.1 Å². The lowest BCUT2D eigenvalue weighted by Crippen LogP contribution is -2.37. The number of carbonyl (C=O) groups is 2. The third-order valence-electron chi connectivity index (χ3n) is 2.91. The van der Waals surface area contributed by atoms with Gasteiger partial charge in [-0.3, -0.25) is 14.5 Å². The van der Waals surface area contributed by atoms with E-state index in [4.69, 9.17) is 5.73 Å². The van der Waals surface area contributed by atoms with Gasteiger partial charge < -0.3 is 15.8 Å². The summed E-state index contributed by atoms with van der Waals surface area (Å²) in [5.41, 5.74) is 7.19. The third-order valence-corrected chi connectivity index (χ3v) is 2.91. The van der Waals surface area contributed by atoms with Crippen molar-refractivity contribution in [3.05, 3.63) is 29.8 Å². The molecular formula is C14H21N3O3. The Hall–Kier alpha value is -1.92. The maximum absolute atomic E-state index is 12.0. The van der Waals surface area contributed by atoms with Crippen LogP contribution >= 0.6 is 0 Å². The highest BCUT2D eigenvalue weighted by Crippen LogP contribution is 2.13. The predicted octanol–water partition coefficient (Wildman–Crippen LogP) is 0.579. The van der Waals surface area contributed by atoms with Crippen molar-refractivity contribution in [1.82, 2.24) is 4.90 Å². The van der Waals surface area contributed by atoms with Crippen molar-refractivity contribution in [1.29, 1.82) is 0 Å². The van der Waals surface area contributed by atoms with E-state index in [1.165, 1.54) is 7.11 Å². The number of likely N-dealkylation sites (N-methyl/N-ethyl adjacent to an activating group) is 1. The van der Waals surface area contributed by atoms with Crippen molar-refractivity contribution >= 4 is 17.6 Å². The van der Waals surface area contributed by atoms with Gasteiger partial charge in [0, 0.05) is 12.2 Å². The summed E-state index contributed by atoms with van der Waals surface area (Å²) in [4.78, 5) is 24.9. The van der Waals surface area contributed by atoms with Crippen LogP contribution in [0.2, 0.25) is 0 Å². The van der Waals surface area contributed by atoms with Gasteiger partial charge in [0.05, 0.1) is 20.2 Å². The molecule has 0 aromatic heterocycles. The second kappa shape index (κ2) is 8.29. The summed E-state index contributed by atoms with van der Waals surface area (Å²) in [5, 5.41) is 2.80. The van der Waals surface area contributed by atoms with Crippen LogP contribution in [0.4, 0.5) is 5.69 Å². The number of para-hydroxylation sites is 1. The van der Waals surface area contributed by atoms with Crippen LogP contribution in [-0.4, -0.2) is 43.5 Å². The Morgan fingerprint density at radius 1 is 1.30 bits per heavy atom. The van der Waals surface area contributed by atoms with Crippen LogP contribution in [0.5, 0.6) is 0 Å². The van der Waals surface area contributed by atoms with E-state index in [-0.39, 0.29) is 25.0 Å². The minimum absolute atomic E-state index is 0.0962. The standard InChI is InChI=1S/C14H21N3O3/c1-3-17(10-14(19)20-2)9-13(18)16-12-7-5-4-6-11(12)8-15/h4-7H,3,8-10,15H2,1-2H3,(H,16,18). The number of benzene rings is 1. The first-order valence-corrected chi connectivity index (χ1v) is 6.47. The van der Waals surface area contributed by atoms with Crippen LogP contribution in [0.25, 0.3) is 0 Å². The molecule has 0 radical (unpaired) electrons. The molecule has 20 heavy (non-hydrogen) atoms. The molecule has 0 spiro atoms. The quantitative estimate of drug-likeness (QED) is 0.713. The van der Waals surface area contributed by atoms with E-state index < -0.39 is 0 Å². The molecule has 0 bridgehead atoms. The molecule has 1 aromatic carbocycles. The summed E-state index contributed by atoms with van der Waals surface area (Å²) in [6.07, 6.45) is 0. The fraction of sp³-hybridized carbons (Fsp3) is 0.429. The SMILES string of the molecule is CCN(CC(=O)Nc1ccccc1CN)CC(=O)OC. The number of esters is 1. The zero-order chi connectivity index (χ0) is 15.0. The normalized spacial score (nSPS) is 10.4. The Kier molecular flexibility index (Phi) is 6.69. The molecule has 0 fully saturated rings. The van der Waals surface area contributed by atoms with Gasteiger partial charge in [0.15, 0.2) is 0 Å². The Labute approximate surface area is 118 Å². The number of hydrogen-bond donors (Lipinski definition) is 2. The molecule has 0 aliphatic carbocycles. The highest BCUT2D eigenvalue weighted by atomic mass is 16.5. The second-order valence-corrected chi connectivity index (χ2v) is 4.29. The molecule has 1 aromatic rings. The Morgan fingerprint density at radius 2 is 2.00 bits per heavy atom. The van der Waals surface area contributed by atoms with Crippen molar-refractivity contribution in [2.24, 2.45) is 5.73 Å². The molecule has 3 N–H and O–H groups in total. The van der Waals surface area contributed by atoms with Gasteiger partial charge in [-0.15, -0.1) is 0 Å². The van der Waals surface area contributed by atoms with Crippen LogP contribution in [-0.2, 0) is 20.9 Å².